The third-order valence-electron chi connectivity index (χ3n) is 4.83. The van der Waals surface area contributed by atoms with Gasteiger partial charge in [-0.05, 0) is 24.6 Å². The molecule has 8 nitrogen and oxygen atoms in total. The number of nitrogens with zero attached hydrogens (tertiary/aromatic N) is 1. The molecule has 0 spiro atoms. The largest absolute Gasteiger partial charge is 0.505 e. The number of amides is 1. The van der Waals surface area contributed by atoms with Crippen molar-refractivity contribution in [2.24, 2.45) is 0 Å². The molecule has 4 N–H and O–H groups in total. The van der Waals surface area contributed by atoms with Crippen molar-refractivity contribution < 1.29 is 17.9 Å². The second-order valence-corrected chi connectivity index (χ2v) is 7.22. The molecule has 0 aliphatic carbocycles. The van der Waals surface area contributed by atoms with Crippen LogP contribution in [0.1, 0.15) is 31.8 Å². The molecule has 0 saturated heterocycles. The van der Waals surface area contributed by atoms with E-state index in [0.717, 1.165) is 0 Å². The van der Waals surface area contributed by atoms with E-state index in [-0.39, 0.29) is 31.2 Å². The van der Waals surface area contributed by atoms with Gasteiger partial charge in [-0.3, -0.25) is 14.4 Å². The van der Waals surface area contributed by atoms with Gasteiger partial charge in [0.15, 0.2) is 5.75 Å². The summed E-state index contributed by atoms with van der Waals surface area (Å²) in [5.41, 5.74) is -0.631. The molecule has 160 valence electrons. The number of hydrogen-bond donors (Lipinski definition) is 4. The Labute approximate surface area is 176 Å². The summed E-state index contributed by atoms with van der Waals surface area (Å²) in [6.07, 6.45) is -0.905. The van der Waals surface area contributed by atoms with Gasteiger partial charge in [0.05, 0.1) is 23.4 Å². The molecule has 3 aromatic carbocycles. The SMILES string of the molecule is C[C@H](Nc1c(Nc2cccc(C(=O)N(C)C)c2O)c(=O)c1=O)[C@H](O)c1ccccc1.[HH].[HH]. The lowest BCUT2D eigenvalue weighted by atomic mass is 10.0. The van der Waals surface area contributed by atoms with Gasteiger partial charge in [0.1, 0.15) is 11.4 Å². The Kier molecular flexibility index (Phi) is 5.89. The lowest BCUT2D eigenvalue weighted by Crippen LogP contribution is -2.39. The second-order valence-electron chi connectivity index (χ2n) is 7.22. The minimum atomic E-state index is -0.905. The smallest absolute Gasteiger partial charge is 0.257 e. The molecule has 8 heteroatoms. The van der Waals surface area contributed by atoms with E-state index in [9.17, 15) is 24.6 Å². The van der Waals surface area contributed by atoms with E-state index < -0.39 is 28.9 Å². The Hall–Kier alpha value is -3.65. The predicted octanol–water partition coefficient (Wildman–Crippen LogP) is 2.46. The zero-order valence-electron chi connectivity index (χ0n) is 16.8. The number of phenolic OH excluding ortho intramolecular Hbond substituents is 1. The Morgan fingerprint density at radius 1 is 1.00 bits per heavy atom. The molecule has 1 amide bonds. The van der Waals surface area contributed by atoms with Crippen LogP contribution in [-0.4, -0.2) is 41.2 Å². The van der Waals surface area contributed by atoms with E-state index in [1.54, 1.807) is 51.4 Å². The Morgan fingerprint density at radius 2 is 1.63 bits per heavy atom. The first-order valence-electron chi connectivity index (χ1n) is 9.35. The maximum absolute atomic E-state index is 12.2. The molecule has 0 unspecified atom stereocenters. The summed E-state index contributed by atoms with van der Waals surface area (Å²) >= 11 is 0. The van der Waals surface area contributed by atoms with Crippen molar-refractivity contribution in [3.05, 3.63) is 80.1 Å². The highest BCUT2D eigenvalue weighted by Gasteiger charge is 2.26. The summed E-state index contributed by atoms with van der Waals surface area (Å²) in [6, 6.07) is 12.9. The molecule has 0 radical (unpaired) electrons. The highest BCUT2D eigenvalue weighted by Crippen LogP contribution is 2.32. The first-order valence-corrected chi connectivity index (χ1v) is 9.35. The molecule has 0 fully saturated rings. The topological polar surface area (TPSA) is 119 Å². The number of nitrogens with one attached hydrogen (secondary N) is 2. The summed E-state index contributed by atoms with van der Waals surface area (Å²) in [4.78, 5) is 37.7. The van der Waals surface area contributed by atoms with Crippen LogP contribution in [-0.2, 0) is 0 Å². The summed E-state index contributed by atoms with van der Waals surface area (Å²) in [6.45, 7) is 1.69. The van der Waals surface area contributed by atoms with Crippen LogP contribution in [0.2, 0.25) is 0 Å². The third-order valence-corrected chi connectivity index (χ3v) is 4.83. The number of aromatic hydroxyl groups is 1. The number of benzene rings is 2. The van der Waals surface area contributed by atoms with Gasteiger partial charge in [-0.15, -0.1) is 0 Å². The summed E-state index contributed by atoms with van der Waals surface area (Å²) < 4.78 is 0. The number of aliphatic hydroxyl groups is 1. The predicted molar refractivity (Wildman–Crippen MR) is 119 cm³/mol. The van der Waals surface area contributed by atoms with Crippen molar-refractivity contribution in [1.29, 1.82) is 0 Å². The van der Waals surface area contributed by atoms with Crippen LogP contribution < -0.4 is 21.5 Å². The normalized spacial score (nSPS) is 12.9. The molecule has 0 aliphatic heterocycles. The first-order chi connectivity index (χ1) is 14.2. The van der Waals surface area contributed by atoms with Crippen molar-refractivity contribution in [2.75, 3.05) is 24.7 Å². The highest BCUT2D eigenvalue weighted by atomic mass is 16.3. The van der Waals surface area contributed by atoms with Crippen LogP contribution in [0, 0.1) is 0 Å². The van der Waals surface area contributed by atoms with Crippen LogP contribution in [0.15, 0.2) is 58.1 Å². The fourth-order valence-electron chi connectivity index (χ4n) is 3.09. The molecule has 30 heavy (non-hydrogen) atoms. The number of phenols is 1. The summed E-state index contributed by atoms with van der Waals surface area (Å²) in [5, 5.41) is 26.6. The van der Waals surface area contributed by atoms with Gasteiger partial charge in [-0.1, -0.05) is 36.4 Å². The molecule has 0 bridgehead atoms. The Morgan fingerprint density at radius 3 is 2.27 bits per heavy atom. The van der Waals surface area contributed by atoms with E-state index in [0.29, 0.717) is 5.56 Å². The van der Waals surface area contributed by atoms with Gasteiger partial charge in [-0.2, -0.15) is 0 Å². The minimum absolute atomic E-state index is 0. The standard InChI is InChI=1S/C22H23N3O5.2H2/c1-12(18(26)13-8-5-4-6-9-13)23-16-17(21(29)20(16)28)24-15-11-7-10-14(19(15)27)22(30)25(2)3;;/h4-12,18,23-24,26-27H,1-3H3;2*1H/t12-,18-;;/m0../s1. The highest BCUT2D eigenvalue weighted by molar-refractivity contribution is 5.99. The van der Waals surface area contributed by atoms with Gasteiger partial charge in [0, 0.05) is 16.9 Å². The number of rotatable bonds is 7. The van der Waals surface area contributed by atoms with Gasteiger partial charge in [-0.25, -0.2) is 0 Å². The number of anilines is 3. The van der Waals surface area contributed by atoms with Crippen LogP contribution in [0.4, 0.5) is 17.1 Å². The molecule has 3 aromatic rings. The van der Waals surface area contributed by atoms with Crippen molar-refractivity contribution in [3.8, 4) is 5.75 Å². The van der Waals surface area contributed by atoms with Crippen molar-refractivity contribution >= 4 is 23.0 Å². The molecule has 0 aliphatic rings. The number of carbonyl (C=O) groups is 1. The van der Waals surface area contributed by atoms with Gasteiger partial charge >= 0.3 is 0 Å². The first kappa shape index (κ1) is 21.1. The monoisotopic (exact) mass is 413 g/mol. The molecule has 0 saturated carbocycles. The third kappa shape index (κ3) is 3.90. The second kappa shape index (κ2) is 8.38. The Balaban J connectivity index is 0.00000256. The molecule has 0 aromatic heterocycles. The number of hydrogen-bond acceptors (Lipinski definition) is 7. The zero-order chi connectivity index (χ0) is 22.0. The maximum atomic E-state index is 12.2. The van der Waals surface area contributed by atoms with E-state index in [1.165, 1.54) is 17.0 Å². The lowest BCUT2D eigenvalue weighted by molar-refractivity contribution is 0.0824. The number of para-hydroxylation sites is 1. The van der Waals surface area contributed by atoms with Crippen molar-refractivity contribution in [1.82, 2.24) is 4.90 Å². The zero-order valence-corrected chi connectivity index (χ0v) is 16.8. The number of carbonyl (C=O) groups excluding carboxylic acids is 1. The minimum Gasteiger partial charge on any atom is -0.505 e. The van der Waals surface area contributed by atoms with Gasteiger partial charge in [0.2, 0.25) is 0 Å². The summed E-state index contributed by atoms with van der Waals surface area (Å²) in [5.74, 6) is -0.730. The van der Waals surface area contributed by atoms with Gasteiger partial charge in [0.25, 0.3) is 16.8 Å². The fraction of sp³-hybridized carbons (Fsp3) is 0.227. The number of aliphatic hydroxyl groups excluding tert-OH is 1. The van der Waals surface area contributed by atoms with E-state index >= 15 is 0 Å². The van der Waals surface area contributed by atoms with Crippen LogP contribution >= 0.6 is 0 Å². The van der Waals surface area contributed by atoms with Crippen molar-refractivity contribution in [3.63, 3.8) is 0 Å². The van der Waals surface area contributed by atoms with E-state index in [1.807, 2.05) is 6.07 Å². The molecule has 3 rings (SSSR count). The molecule has 2 atom stereocenters. The van der Waals surface area contributed by atoms with E-state index in [4.69, 9.17) is 0 Å². The van der Waals surface area contributed by atoms with Crippen LogP contribution in [0.25, 0.3) is 0 Å². The van der Waals surface area contributed by atoms with E-state index in [2.05, 4.69) is 10.6 Å². The lowest BCUT2D eigenvalue weighted by Gasteiger charge is -2.24. The molecule has 0 heterocycles. The molecular weight excluding hydrogens is 386 g/mol. The molecular formula is C22H27N3O5. The maximum Gasteiger partial charge on any atom is 0.257 e. The van der Waals surface area contributed by atoms with Crippen molar-refractivity contribution in [2.45, 2.75) is 19.1 Å². The average Bonchev–Trinajstić information content (AvgIpc) is 2.76. The Bertz CT molecular complexity index is 1140. The van der Waals surface area contributed by atoms with Crippen LogP contribution in [0.3, 0.4) is 0 Å². The average molecular weight is 413 g/mol. The quantitative estimate of drug-likeness (QED) is 0.347. The van der Waals surface area contributed by atoms with Gasteiger partial charge < -0.3 is 25.7 Å². The summed E-state index contributed by atoms with van der Waals surface area (Å²) in [7, 11) is 3.11. The van der Waals surface area contributed by atoms with Crippen LogP contribution in [0.5, 0.6) is 5.75 Å². The fourth-order valence-corrected chi connectivity index (χ4v) is 3.09.